The van der Waals surface area contributed by atoms with E-state index in [1.807, 2.05) is 0 Å². The van der Waals surface area contributed by atoms with Crippen LogP contribution in [0, 0.1) is 5.95 Å². The van der Waals surface area contributed by atoms with Crippen molar-refractivity contribution in [1.82, 2.24) is 25.0 Å². The van der Waals surface area contributed by atoms with Crippen LogP contribution >= 0.6 is 0 Å². The molecular weight excluding hydrogens is 369 g/mol. The number of esters is 1. The highest BCUT2D eigenvalue weighted by atomic mass is 19.1. The van der Waals surface area contributed by atoms with Crippen LogP contribution in [0.4, 0.5) is 4.39 Å². The van der Waals surface area contributed by atoms with Gasteiger partial charge in [0.25, 0.3) is 0 Å². The van der Waals surface area contributed by atoms with E-state index in [1.54, 1.807) is 20.0 Å². The minimum atomic E-state index is -1.10. The summed E-state index contributed by atoms with van der Waals surface area (Å²) in [5.74, 6) is -2.41. The van der Waals surface area contributed by atoms with Crippen molar-refractivity contribution >= 4 is 11.9 Å². The zero-order valence-corrected chi connectivity index (χ0v) is 15.0. The molecule has 28 heavy (non-hydrogen) atoms. The first kappa shape index (κ1) is 19.1. The van der Waals surface area contributed by atoms with E-state index in [0.717, 1.165) is 0 Å². The van der Waals surface area contributed by atoms with Crippen LogP contribution < -0.4 is 0 Å². The van der Waals surface area contributed by atoms with Gasteiger partial charge in [0, 0.05) is 25.0 Å². The van der Waals surface area contributed by atoms with Crippen LogP contribution in [0.15, 0.2) is 36.7 Å². The lowest BCUT2D eigenvalue weighted by molar-refractivity contribution is -0.148. The fourth-order valence-electron chi connectivity index (χ4n) is 2.58. The molecule has 1 N–H and O–H groups in total. The van der Waals surface area contributed by atoms with E-state index in [-0.39, 0.29) is 17.5 Å². The lowest BCUT2D eigenvalue weighted by Crippen LogP contribution is -2.15. The van der Waals surface area contributed by atoms with Crippen LogP contribution in [0.25, 0.3) is 11.4 Å². The average Bonchev–Trinajstić information content (AvgIpc) is 3.02. The highest BCUT2D eigenvalue weighted by molar-refractivity contribution is 5.87. The maximum atomic E-state index is 13.7. The van der Waals surface area contributed by atoms with Gasteiger partial charge in [0.1, 0.15) is 11.8 Å². The zero-order chi connectivity index (χ0) is 20.3. The van der Waals surface area contributed by atoms with Crippen molar-refractivity contribution < 1.29 is 23.8 Å². The smallest absolute Gasteiger partial charge is 0.337 e. The first-order chi connectivity index (χ1) is 13.4. The summed E-state index contributed by atoms with van der Waals surface area (Å²) in [6.07, 6.45) is 1.51. The van der Waals surface area contributed by atoms with Crippen LogP contribution in [0.5, 0.6) is 0 Å². The Balaban J connectivity index is 1.77. The number of nitrogens with zero attached hydrogens (tertiary/aromatic N) is 5. The number of carbonyl (C=O) groups excluding carboxylic acids is 1. The van der Waals surface area contributed by atoms with Gasteiger partial charge in [0.2, 0.25) is 5.95 Å². The first-order valence-corrected chi connectivity index (χ1v) is 8.25. The second-order valence-electron chi connectivity index (χ2n) is 5.94. The molecule has 0 amide bonds. The molecule has 0 spiro atoms. The highest BCUT2D eigenvalue weighted by Gasteiger charge is 2.21. The third-order valence-electron chi connectivity index (χ3n) is 4.04. The Morgan fingerprint density at radius 2 is 2.07 bits per heavy atom. The van der Waals surface area contributed by atoms with Gasteiger partial charge in [0.05, 0.1) is 23.4 Å². The quantitative estimate of drug-likeness (QED) is 0.505. The van der Waals surface area contributed by atoms with Crippen molar-refractivity contribution in [2.45, 2.75) is 19.4 Å². The molecule has 0 unspecified atom stereocenters. The number of aromatic carboxylic acids is 1. The van der Waals surface area contributed by atoms with E-state index in [9.17, 15) is 14.0 Å². The molecule has 1 atom stereocenters. The molecule has 0 aliphatic heterocycles. The van der Waals surface area contributed by atoms with Gasteiger partial charge in [-0.05, 0) is 31.2 Å². The summed E-state index contributed by atoms with van der Waals surface area (Å²) in [4.78, 5) is 30.9. The van der Waals surface area contributed by atoms with E-state index >= 15 is 0 Å². The second kappa shape index (κ2) is 7.91. The number of aryl methyl sites for hydroxylation is 1. The summed E-state index contributed by atoms with van der Waals surface area (Å²) >= 11 is 0. The number of hydrogen-bond acceptors (Lipinski definition) is 7. The van der Waals surface area contributed by atoms with Crippen molar-refractivity contribution in [2.24, 2.45) is 7.05 Å². The summed E-state index contributed by atoms with van der Waals surface area (Å²) in [7, 11) is 1.61. The summed E-state index contributed by atoms with van der Waals surface area (Å²) in [5, 5.41) is 16.8. The van der Waals surface area contributed by atoms with Gasteiger partial charge in [-0.1, -0.05) is 5.21 Å². The van der Waals surface area contributed by atoms with Crippen molar-refractivity contribution in [3.8, 4) is 11.4 Å². The van der Waals surface area contributed by atoms with E-state index in [2.05, 4.69) is 20.3 Å². The predicted molar refractivity (Wildman–Crippen MR) is 93.6 cm³/mol. The van der Waals surface area contributed by atoms with Gasteiger partial charge in [0.15, 0.2) is 0 Å². The number of carbonyl (C=O) groups is 2. The molecule has 9 nitrogen and oxygen atoms in total. The molecule has 10 heteroatoms. The number of ether oxygens (including phenoxy) is 1. The maximum Gasteiger partial charge on any atom is 0.337 e. The lowest BCUT2D eigenvalue weighted by atomic mass is 10.1. The Labute approximate surface area is 158 Å². The minimum absolute atomic E-state index is 0.0286. The molecule has 3 heterocycles. The van der Waals surface area contributed by atoms with Crippen LogP contribution in [-0.2, 0) is 23.0 Å². The van der Waals surface area contributed by atoms with Gasteiger partial charge >= 0.3 is 11.9 Å². The Hall–Kier alpha value is -3.69. The largest absolute Gasteiger partial charge is 0.478 e. The molecule has 0 aromatic carbocycles. The molecule has 0 fully saturated rings. The number of carboxylic acid groups (broad SMARTS) is 1. The fourth-order valence-corrected chi connectivity index (χ4v) is 2.58. The number of aromatic nitrogens is 5. The van der Waals surface area contributed by atoms with Crippen molar-refractivity contribution in [3.05, 3.63) is 59.4 Å². The second-order valence-corrected chi connectivity index (χ2v) is 5.94. The Morgan fingerprint density at radius 3 is 2.71 bits per heavy atom. The molecule has 0 saturated heterocycles. The molecule has 0 saturated carbocycles. The molecule has 3 aromatic rings. The lowest BCUT2D eigenvalue weighted by Gasteiger charge is -2.14. The van der Waals surface area contributed by atoms with Crippen LogP contribution in [-0.4, -0.2) is 42.0 Å². The third-order valence-corrected chi connectivity index (χ3v) is 4.04. The normalized spacial score (nSPS) is 11.8. The highest BCUT2D eigenvalue weighted by Crippen LogP contribution is 2.22. The van der Waals surface area contributed by atoms with Crippen LogP contribution in [0.3, 0.4) is 0 Å². The predicted octanol–water partition coefficient (Wildman–Crippen LogP) is 1.96. The number of rotatable bonds is 6. The Morgan fingerprint density at radius 1 is 1.29 bits per heavy atom. The number of hydrogen-bond donors (Lipinski definition) is 1. The van der Waals surface area contributed by atoms with E-state index in [0.29, 0.717) is 17.1 Å². The monoisotopic (exact) mass is 385 g/mol. The molecule has 144 valence electrons. The molecule has 0 aliphatic carbocycles. The van der Waals surface area contributed by atoms with Crippen LogP contribution in [0.1, 0.15) is 34.6 Å². The van der Waals surface area contributed by atoms with Crippen molar-refractivity contribution in [2.75, 3.05) is 0 Å². The summed E-state index contributed by atoms with van der Waals surface area (Å²) < 4.78 is 20.4. The zero-order valence-electron chi connectivity index (χ0n) is 15.0. The van der Waals surface area contributed by atoms with Gasteiger partial charge in [-0.25, -0.2) is 9.78 Å². The topological polar surface area (TPSA) is 120 Å². The molecular formula is C18H16FN5O4. The van der Waals surface area contributed by atoms with E-state index in [1.165, 1.54) is 35.3 Å². The van der Waals surface area contributed by atoms with Gasteiger partial charge in [-0.2, -0.15) is 4.39 Å². The minimum Gasteiger partial charge on any atom is -0.478 e. The van der Waals surface area contributed by atoms with Crippen molar-refractivity contribution in [3.63, 3.8) is 0 Å². The summed E-state index contributed by atoms with van der Waals surface area (Å²) in [5.41, 5.74) is 1.33. The first-order valence-electron chi connectivity index (χ1n) is 8.25. The molecule has 3 rings (SSSR count). The number of pyridine rings is 2. The summed E-state index contributed by atoms with van der Waals surface area (Å²) in [6, 6.07) is 5.91. The molecule has 0 aliphatic rings. The average molecular weight is 385 g/mol. The van der Waals surface area contributed by atoms with Crippen LogP contribution in [0.2, 0.25) is 0 Å². The van der Waals surface area contributed by atoms with E-state index in [4.69, 9.17) is 9.84 Å². The third kappa shape index (κ3) is 4.00. The number of carboxylic acids is 1. The maximum absolute atomic E-state index is 13.7. The fraction of sp³-hybridized carbons (Fsp3) is 0.222. The van der Waals surface area contributed by atoms with Gasteiger partial charge < -0.3 is 9.84 Å². The standard InChI is InChI=1S/C18H16FN5O4/c1-10(12-4-3-7-20-17(12)19)28-15(25)8-14-16(22-23-24(14)2)13-6-5-11(9-21-13)18(26)27/h3-7,9-10H,8H2,1-2H3,(H,26,27)/t10-/m1/s1. The summed E-state index contributed by atoms with van der Waals surface area (Å²) in [6.45, 7) is 1.55. The van der Waals surface area contributed by atoms with Gasteiger partial charge in [-0.15, -0.1) is 5.10 Å². The van der Waals surface area contributed by atoms with Crippen molar-refractivity contribution in [1.29, 1.82) is 0 Å². The Bertz CT molecular complexity index is 1020. The van der Waals surface area contributed by atoms with Gasteiger partial charge in [-0.3, -0.25) is 14.5 Å². The molecule has 0 radical (unpaired) electrons. The van der Waals surface area contributed by atoms with E-state index < -0.39 is 24.0 Å². The SMILES string of the molecule is C[C@@H](OC(=O)Cc1c(-c2ccc(C(=O)O)cn2)nnn1C)c1cccnc1F. The molecule has 3 aromatic heterocycles. The Kier molecular flexibility index (Phi) is 5.39. The molecule has 0 bridgehead atoms. The number of halogens is 1.